The standard InChI is InChI=1S/6NO3.4H3N.Pd/c6*2-1(3)4;;;;;/h;;;;;;4*1H3;/q6*-1;;;;;+2/p+4. The van der Waals surface area contributed by atoms with Gasteiger partial charge in [0.2, 0.25) is 0 Å². The van der Waals surface area contributed by atoms with Crippen LogP contribution in [0.4, 0.5) is 0 Å². The minimum atomic E-state index is -1.75. The molecular weight excluding hydrogens is 534 g/mol. The third-order valence-corrected chi connectivity index (χ3v) is 0. The number of nitrogens with zero attached hydrogens (tertiary/aromatic N) is 6. The Bertz CT molecular complexity index is 264. The molecule has 0 heterocycles. The van der Waals surface area contributed by atoms with Gasteiger partial charge in [-0.15, -0.1) is 0 Å². The molecule has 0 spiro atoms. The van der Waals surface area contributed by atoms with Crippen LogP contribution in [0.25, 0.3) is 0 Å². The van der Waals surface area contributed by atoms with E-state index in [1.807, 2.05) is 0 Å². The maximum Gasteiger partial charge on any atom is 2.00 e. The van der Waals surface area contributed by atoms with E-state index >= 15 is 0 Å². The minimum absolute atomic E-state index is 0. The summed E-state index contributed by atoms with van der Waals surface area (Å²) in [5, 5.41) is 88.5. The third kappa shape index (κ3) is 604. The van der Waals surface area contributed by atoms with Crippen molar-refractivity contribution in [3.8, 4) is 0 Å². The second kappa shape index (κ2) is 65.1. The van der Waals surface area contributed by atoms with E-state index < -0.39 is 30.5 Å². The summed E-state index contributed by atoms with van der Waals surface area (Å²) < 4.78 is 0. The van der Waals surface area contributed by atoms with E-state index in [9.17, 15) is 0 Å². The van der Waals surface area contributed by atoms with Gasteiger partial charge in [0.25, 0.3) is 0 Å². The van der Waals surface area contributed by atoms with Gasteiger partial charge in [-0.2, -0.15) is 0 Å². The normalized spacial score (nSPS) is 4.97. The van der Waals surface area contributed by atoms with Gasteiger partial charge in [0.05, 0.1) is 30.5 Å². The molecule has 29 heavy (non-hydrogen) atoms. The molecule has 0 fully saturated rings. The molecule has 29 heteroatoms. The SMILES string of the molecule is O=[N+]([O-])[O-].O=[N+]([O-])[O-].O=[N+]([O-])[O-].O=[N+]([O-])[O-].O=[N+]([O-])[O-].O=[N+]([O-])[O-].[NH4+].[NH4+].[NH4+].[NH4+].[Pd+2]. The first kappa shape index (κ1) is 73.9. The maximum atomic E-state index is 8.25. The van der Waals surface area contributed by atoms with Crippen LogP contribution in [0.5, 0.6) is 0 Å². The van der Waals surface area contributed by atoms with Gasteiger partial charge < -0.3 is 117 Å². The van der Waals surface area contributed by atoms with Crippen molar-refractivity contribution in [1.29, 1.82) is 0 Å². The maximum absolute atomic E-state index is 8.25. The van der Waals surface area contributed by atoms with Crippen molar-refractivity contribution < 1.29 is 50.9 Å². The summed E-state index contributed by atoms with van der Waals surface area (Å²) in [6.45, 7) is 0. The first-order chi connectivity index (χ1) is 10.4. The van der Waals surface area contributed by atoms with Crippen molar-refractivity contribution in [3.05, 3.63) is 91.9 Å². The summed E-state index contributed by atoms with van der Waals surface area (Å²) in [7, 11) is 0. The van der Waals surface area contributed by atoms with Crippen LogP contribution >= 0.6 is 0 Å². The van der Waals surface area contributed by atoms with Crippen LogP contribution in [0.2, 0.25) is 0 Å². The quantitative estimate of drug-likeness (QED) is 0.176. The smallest absolute Gasteiger partial charge is 0.369 e. The van der Waals surface area contributed by atoms with Gasteiger partial charge in [-0.05, 0) is 0 Å². The van der Waals surface area contributed by atoms with Gasteiger partial charge in [-0.25, -0.2) is 0 Å². The van der Waals surface area contributed by atoms with Crippen molar-refractivity contribution in [3.63, 3.8) is 0 Å². The summed E-state index contributed by atoms with van der Waals surface area (Å²) >= 11 is 0. The molecule has 0 aromatic carbocycles. The van der Waals surface area contributed by atoms with E-state index in [0.717, 1.165) is 0 Å². The first-order valence-electron chi connectivity index (χ1n) is 3.29. The van der Waals surface area contributed by atoms with Crippen LogP contribution in [0.3, 0.4) is 0 Å². The van der Waals surface area contributed by atoms with Crippen molar-refractivity contribution in [2.45, 2.75) is 0 Å². The molecule has 16 N–H and O–H groups in total. The summed E-state index contributed by atoms with van der Waals surface area (Å²) in [6, 6.07) is 0. The molecule has 0 bridgehead atoms. The van der Waals surface area contributed by atoms with Crippen LogP contribution in [-0.2, 0) is 20.4 Å². The summed E-state index contributed by atoms with van der Waals surface area (Å²) in [5.74, 6) is 0. The predicted octanol–water partition coefficient (Wildman–Crippen LogP) is 0.0677. The van der Waals surface area contributed by atoms with Gasteiger partial charge in [0.15, 0.2) is 0 Å². The molecule has 0 unspecified atom stereocenters. The zero-order chi connectivity index (χ0) is 21.5. The van der Waals surface area contributed by atoms with Crippen LogP contribution < -0.4 is 24.6 Å². The second-order valence-electron chi connectivity index (χ2n) is 1.34. The van der Waals surface area contributed by atoms with Crippen LogP contribution in [0.1, 0.15) is 0 Å². The molecule has 0 saturated heterocycles. The molecule has 0 radical (unpaired) electrons. The van der Waals surface area contributed by atoms with Crippen molar-refractivity contribution in [1.82, 2.24) is 24.6 Å². The Morgan fingerprint density at radius 2 is 0.276 bits per heavy atom. The molecule has 0 aliphatic carbocycles. The van der Waals surface area contributed by atoms with Crippen molar-refractivity contribution >= 4 is 0 Å². The fourth-order valence-corrected chi connectivity index (χ4v) is 0. The predicted molar refractivity (Wildman–Crippen MR) is 86.1 cm³/mol. The molecule has 0 saturated carbocycles. The topological polar surface area (TPSA) is 543 Å². The Labute approximate surface area is 168 Å². The Morgan fingerprint density at radius 3 is 0.276 bits per heavy atom. The Hall–Kier alpha value is -4.30. The number of hydrogen-bond donors (Lipinski definition) is 4. The molecule has 184 valence electrons. The third-order valence-electron chi connectivity index (χ3n) is 0. The molecule has 0 rings (SSSR count). The van der Waals surface area contributed by atoms with E-state index in [-0.39, 0.29) is 45.0 Å². The number of rotatable bonds is 0. The van der Waals surface area contributed by atoms with Crippen molar-refractivity contribution in [2.24, 2.45) is 0 Å². The summed E-state index contributed by atoms with van der Waals surface area (Å²) in [4.78, 5) is 49.5. The Morgan fingerprint density at radius 1 is 0.276 bits per heavy atom. The van der Waals surface area contributed by atoms with Gasteiger partial charge >= 0.3 is 20.4 Å². The van der Waals surface area contributed by atoms with E-state index in [0.29, 0.717) is 0 Å². The monoisotopic (exact) mass is 550 g/mol. The zero-order valence-electron chi connectivity index (χ0n) is 14.3. The number of hydrogen-bond acceptors (Lipinski definition) is 18. The molecule has 0 aromatic heterocycles. The summed E-state index contributed by atoms with van der Waals surface area (Å²) in [5.41, 5.74) is 0. The molecular formula is H16N10O18Pd. The van der Waals surface area contributed by atoms with Crippen LogP contribution in [-0.4, -0.2) is 30.5 Å². The van der Waals surface area contributed by atoms with E-state index in [1.165, 1.54) is 0 Å². The average Bonchev–Trinajstić information content (AvgIpc) is 2.08. The molecule has 0 amide bonds. The average molecular weight is 551 g/mol. The fraction of sp³-hybridized carbons (Fsp3) is 0. The molecule has 28 nitrogen and oxygen atoms in total. The van der Waals surface area contributed by atoms with E-state index in [2.05, 4.69) is 0 Å². The summed E-state index contributed by atoms with van der Waals surface area (Å²) in [6.07, 6.45) is 0. The van der Waals surface area contributed by atoms with E-state index in [1.54, 1.807) is 0 Å². The largest absolute Gasteiger partial charge is 2.00 e. The Kier molecular flexibility index (Phi) is 166. The molecule has 0 aliphatic rings. The van der Waals surface area contributed by atoms with Crippen LogP contribution in [0.15, 0.2) is 0 Å². The Balaban J connectivity index is -0.0000000144. The molecule has 0 atom stereocenters. The fourth-order valence-electron chi connectivity index (χ4n) is 0. The molecule has 0 aliphatic heterocycles. The van der Waals surface area contributed by atoms with Gasteiger partial charge in [0, 0.05) is 0 Å². The minimum Gasteiger partial charge on any atom is -0.369 e. The molecule has 0 aromatic rings. The first-order valence-corrected chi connectivity index (χ1v) is 3.29. The van der Waals surface area contributed by atoms with Gasteiger partial charge in [0.1, 0.15) is 0 Å². The number of quaternary nitrogens is 4. The zero-order valence-corrected chi connectivity index (χ0v) is 15.9. The van der Waals surface area contributed by atoms with Gasteiger partial charge in [-0.1, -0.05) is 0 Å². The van der Waals surface area contributed by atoms with Gasteiger partial charge in [-0.3, -0.25) is 0 Å². The van der Waals surface area contributed by atoms with Crippen molar-refractivity contribution in [2.75, 3.05) is 0 Å². The van der Waals surface area contributed by atoms with E-state index in [4.69, 9.17) is 91.9 Å². The second-order valence-corrected chi connectivity index (χ2v) is 1.34. The van der Waals surface area contributed by atoms with Crippen LogP contribution in [0, 0.1) is 91.9 Å².